The highest BCUT2D eigenvalue weighted by molar-refractivity contribution is 7.10. The number of rotatable bonds is 7. The standard InChI is InChI=1S/C19H24N2O2S/c1-2-16(18-9-5-11-24-18)20-13-14-6-3-7-15(12-14)21-19(22)17-8-4-10-23-17/h3,5-7,9,11-12,16-17,20H,2,4,8,10,13H2,1H3,(H,21,22). The summed E-state index contributed by atoms with van der Waals surface area (Å²) in [6, 6.07) is 12.6. The summed E-state index contributed by atoms with van der Waals surface area (Å²) in [5.41, 5.74) is 1.99. The van der Waals surface area contributed by atoms with E-state index in [4.69, 9.17) is 4.74 Å². The van der Waals surface area contributed by atoms with E-state index >= 15 is 0 Å². The van der Waals surface area contributed by atoms with Crippen molar-refractivity contribution in [3.8, 4) is 0 Å². The van der Waals surface area contributed by atoms with Gasteiger partial charge in [-0.3, -0.25) is 4.79 Å². The van der Waals surface area contributed by atoms with Crippen LogP contribution in [0.5, 0.6) is 0 Å². The molecule has 2 N–H and O–H groups in total. The topological polar surface area (TPSA) is 50.4 Å². The third-order valence-corrected chi connectivity index (χ3v) is 5.25. The molecular weight excluding hydrogens is 320 g/mol. The molecule has 0 spiro atoms. The number of hydrogen-bond acceptors (Lipinski definition) is 4. The molecule has 3 rings (SSSR count). The summed E-state index contributed by atoms with van der Waals surface area (Å²) in [4.78, 5) is 13.5. The van der Waals surface area contributed by atoms with Crippen molar-refractivity contribution in [2.75, 3.05) is 11.9 Å². The highest BCUT2D eigenvalue weighted by Crippen LogP contribution is 2.22. The summed E-state index contributed by atoms with van der Waals surface area (Å²) in [6.45, 7) is 3.65. The van der Waals surface area contributed by atoms with Crippen LogP contribution in [-0.2, 0) is 16.1 Å². The van der Waals surface area contributed by atoms with Crippen molar-refractivity contribution in [2.24, 2.45) is 0 Å². The van der Waals surface area contributed by atoms with Gasteiger partial charge in [0.15, 0.2) is 0 Å². The number of anilines is 1. The van der Waals surface area contributed by atoms with Crippen molar-refractivity contribution in [1.82, 2.24) is 5.32 Å². The van der Waals surface area contributed by atoms with Gasteiger partial charge < -0.3 is 15.4 Å². The molecule has 5 heteroatoms. The van der Waals surface area contributed by atoms with Crippen LogP contribution in [-0.4, -0.2) is 18.6 Å². The fraction of sp³-hybridized carbons (Fsp3) is 0.421. The van der Waals surface area contributed by atoms with E-state index in [0.29, 0.717) is 12.6 Å². The molecule has 0 saturated carbocycles. The van der Waals surface area contributed by atoms with E-state index in [1.54, 1.807) is 11.3 Å². The molecule has 1 saturated heterocycles. The molecule has 4 nitrogen and oxygen atoms in total. The number of benzene rings is 1. The lowest BCUT2D eigenvalue weighted by Gasteiger charge is -2.16. The number of ether oxygens (including phenoxy) is 1. The minimum atomic E-state index is -0.296. The van der Waals surface area contributed by atoms with Gasteiger partial charge in [-0.15, -0.1) is 11.3 Å². The first-order valence-electron chi connectivity index (χ1n) is 8.54. The van der Waals surface area contributed by atoms with Crippen molar-refractivity contribution in [3.63, 3.8) is 0 Å². The molecule has 1 aliphatic rings. The van der Waals surface area contributed by atoms with Gasteiger partial charge in [-0.1, -0.05) is 25.1 Å². The van der Waals surface area contributed by atoms with Crippen LogP contribution in [0.25, 0.3) is 0 Å². The molecule has 128 valence electrons. The lowest BCUT2D eigenvalue weighted by atomic mass is 10.1. The zero-order valence-electron chi connectivity index (χ0n) is 14.0. The molecule has 1 aromatic carbocycles. The predicted molar refractivity (Wildman–Crippen MR) is 98.2 cm³/mol. The Kier molecular flexibility index (Phi) is 6.01. The highest BCUT2D eigenvalue weighted by Gasteiger charge is 2.23. The Morgan fingerprint density at radius 3 is 3.00 bits per heavy atom. The second kappa shape index (κ2) is 8.42. The summed E-state index contributed by atoms with van der Waals surface area (Å²) in [5.74, 6) is -0.0392. The van der Waals surface area contributed by atoms with Gasteiger partial charge in [-0.2, -0.15) is 0 Å². The van der Waals surface area contributed by atoms with Gasteiger partial charge >= 0.3 is 0 Å². The molecule has 2 unspecified atom stereocenters. The van der Waals surface area contributed by atoms with Gasteiger partial charge in [0.05, 0.1) is 0 Å². The Balaban J connectivity index is 1.57. The van der Waals surface area contributed by atoms with E-state index in [9.17, 15) is 4.79 Å². The number of thiophene rings is 1. The maximum Gasteiger partial charge on any atom is 0.253 e. The summed E-state index contributed by atoms with van der Waals surface area (Å²) < 4.78 is 5.43. The van der Waals surface area contributed by atoms with Crippen molar-refractivity contribution in [1.29, 1.82) is 0 Å². The second-order valence-electron chi connectivity index (χ2n) is 6.05. The normalized spacial score (nSPS) is 18.5. The Morgan fingerprint density at radius 2 is 2.29 bits per heavy atom. The lowest BCUT2D eigenvalue weighted by molar-refractivity contribution is -0.124. The van der Waals surface area contributed by atoms with E-state index in [1.807, 2.05) is 18.2 Å². The Hall–Kier alpha value is -1.69. The van der Waals surface area contributed by atoms with E-state index in [1.165, 1.54) is 4.88 Å². The van der Waals surface area contributed by atoms with E-state index in [0.717, 1.165) is 37.1 Å². The fourth-order valence-corrected chi connectivity index (χ4v) is 3.83. The zero-order valence-corrected chi connectivity index (χ0v) is 14.8. The van der Waals surface area contributed by atoms with Gasteiger partial charge in [-0.25, -0.2) is 0 Å². The maximum atomic E-state index is 12.1. The molecule has 1 amide bonds. The monoisotopic (exact) mass is 344 g/mol. The zero-order chi connectivity index (χ0) is 16.8. The molecule has 1 fully saturated rings. The largest absolute Gasteiger partial charge is 0.368 e. The number of carbonyl (C=O) groups excluding carboxylic acids is 1. The van der Waals surface area contributed by atoms with Crippen molar-refractivity contribution in [3.05, 3.63) is 52.2 Å². The average Bonchev–Trinajstić information content (AvgIpc) is 3.30. The minimum Gasteiger partial charge on any atom is -0.368 e. The van der Waals surface area contributed by atoms with E-state index < -0.39 is 0 Å². The number of hydrogen-bond donors (Lipinski definition) is 2. The van der Waals surface area contributed by atoms with Gasteiger partial charge in [0.25, 0.3) is 5.91 Å². The third kappa shape index (κ3) is 4.44. The summed E-state index contributed by atoms with van der Waals surface area (Å²) >= 11 is 1.78. The Morgan fingerprint density at radius 1 is 1.38 bits per heavy atom. The molecule has 24 heavy (non-hydrogen) atoms. The molecule has 0 aliphatic carbocycles. The molecule has 2 heterocycles. The first kappa shape index (κ1) is 17.1. The van der Waals surface area contributed by atoms with Crippen LogP contribution in [0, 0.1) is 0 Å². The summed E-state index contributed by atoms with van der Waals surface area (Å²) in [7, 11) is 0. The minimum absolute atomic E-state index is 0.0392. The molecule has 1 aliphatic heterocycles. The molecule has 2 atom stereocenters. The number of nitrogens with one attached hydrogen (secondary N) is 2. The smallest absolute Gasteiger partial charge is 0.253 e. The fourth-order valence-electron chi connectivity index (χ4n) is 2.94. The predicted octanol–water partition coefficient (Wildman–Crippen LogP) is 4.11. The maximum absolute atomic E-state index is 12.1. The average molecular weight is 344 g/mol. The SMILES string of the molecule is CCC(NCc1cccc(NC(=O)C2CCCO2)c1)c1cccs1. The van der Waals surface area contributed by atoms with Crippen LogP contribution in [0.1, 0.15) is 42.7 Å². The Bertz CT molecular complexity index is 651. The van der Waals surface area contributed by atoms with Crippen LogP contribution < -0.4 is 10.6 Å². The van der Waals surface area contributed by atoms with Crippen LogP contribution >= 0.6 is 11.3 Å². The number of amides is 1. The van der Waals surface area contributed by atoms with Gasteiger partial charge in [0.1, 0.15) is 6.10 Å². The van der Waals surface area contributed by atoms with Crippen molar-refractivity contribution in [2.45, 2.75) is 44.9 Å². The van der Waals surface area contributed by atoms with Crippen molar-refractivity contribution >= 4 is 22.9 Å². The molecular formula is C19H24N2O2S. The first-order chi connectivity index (χ1) is 11.8. The third-order valence-electron chi connectivity index (χ3n) is 4.26. The van der Waals surface area contributed by atoms with E-state index in [-0.39, 0.29) is 12.0 Å². The summed E-state index contributed by atoms with van der Waals surface area (Å²) in [6.07, 6.45) is 2.53. The van der Waals surface area contributed by atoms with E-state index in [2.05, 4.69) is 41.1 Å². The van der Waals surface area contributed by atoms with Gasteiger partial charge in [-0.05, 0) is 48.4 Å². The van der Waals surface area contributed by atoms with Crippen LogP contribution in [0.2, 0.25) is 0 Å². The van der Waals surface area contributed by atoms with Crippen LogP contribution in [0.3, 0.4) is 0 Å². The first-order valence-corrected chi connectivity index (χ1v) is 9.42. The Labute approximate surface area is 147 Å². The quantitative estimate of drug-likeness (QED) is 0.795. The van der Waals surface area contributed by atoms with Gasteiger partial charge in [0, 0.05) is 29.8 Å². The molecule has 2 aromatic rings. The lowest BCUT2D eigenvalue weighted by Crippen LogP contribution is -2.27. The summed E-state index contributed by atoms with van der Waals surface area (Å²) in [5, 5.41) is 8.67. The van der Waals surface area contributed by atoms with Crippen molar-refractivity contribution < 1.29 is 9.53 Å². The molecule has 1 aromatic heterocycles. The molecule has 0 radical (unpaired) electrons. The van der Waals surface area contributed by atoms with Crippen LogP contribution in [0.15, 0.2) is 41.8 Å². The number of carbonyl (C=O) groups is 1. The highest BCUT2D eigenvalue weighted by atomic mass is 32.1. The second-order valence-corrected chi connectivity index (χ2v) is 7.03. The van der Waals surface area contributed by atoms with Crippen LogP contribution in [0.4, 0.5) is 5.69 Å². The van der Waals surface area contributed by atoms with Gasteiger partial charge in [0.2, 0.25) is 0 Å². The molecule has 0 bridgehead atoms.